The molecule has 148 valence electrons. The number of fused-ring (bicyclic) bond motifs is 1. The smallest absolute Gasteiger partial charge is 0.259 e. The highest BCUT2D eigenvalue weighted by molar-refractivity contribution is 7.89. The Balaban J connectivity index is 1.53. The average Bonchev–Trinajstić information content (AvgIpc) is 3.08. The Morgan fingerprint density at radius 1 is 1.18 bits per heavy atom. The van der Waals surface area contributed by atoms with Gasteiger partial charge in [-0.1, -0.05) is 12.5 Å². The Bertz CT molecular complexity index is 1160. The minimum atomic E-state index is -3.47. The zero-order chi connectivity index (χ0) is 19.7. The van der Waals surface area contributed by atoms with Gasteiger partial charge in [0.25, 0.3) is 5.56 Å². The van der Waals surface area contributed by atoms with Crippen LogP contribution in [0.15, 0.2) is 45.4 Å². The Kier molecular flexibility index (Phi) is 5.22. The van der Waals surface area contributed by atoms with Gasteiger partial charge in [0.1, 0.15) is 0 Å². The van der Waals surface area contributed by atoms with Gasteiger partial charge in [-0.05, 0) is 38.0 Å². The molecular formula is C19H22N4O3S2. The molecule has 0 radical (unpaired) electrons. The third-order valence-corrected chi connectivity index (χ3v) is 7.73. The zero-order valence-corrected chi connectivity index (χ0v) is 17.2. The van der Waals surface area contributed by atoms with Crippen LogP contribution in [0.1, 0.15) is 30.7 Å². The monoisotopic (exact) mass is 418 g/mol. The quantitative estimate of drug-likeness (QED) is 0.689. The zero-order valence-electron chi connectivity index (χ0n) is 15.6. The number of nitrogens with zero attached hydrogens (tertiary/aromatic N) is 3. The van der Waals surface area contributed by atoms with Crippen LogP contribution in [0.25, 0.3) is 4.96 Å². The fourth-order valence-corrected chi connectivity index (χ4v) is 5.86. The summed E-state index contributed by atoms with van der Waals surface area (Å²) in [4.78, 5) is 17.7. The molecule has 28 heavy (non-hydrogen) atoms. The van der Waals surface area contributed by atoms with E-state index in [0.717, 1.165) is 25.0 Å². The lowest BCUT2D eigenvalue weighted by Gasteiger charge is -2.26. The molecule has 4 rings (SSSR count). The summed E-state index contributed by atoms with van der Waals surface area (Å²) < 4.78 is 28.8. The lowest BCUT2D eigenvalue weighted by Crippen LogP contribution is -2.35. The summed E-state index contributed by atoms with van der Waals surface area (Å²) in [5.74, 6) is 0. The Labute approximate surface area is 167 Å². The standard InChI is InChI=1S/C19H22N4O3S2/c1-14-13-27-19-21-16(11-18(24)23(14)19)12-20-15-6-5-7-17(10-15)28(25,26)22-8-3-2-4-9-22/h5-7,10-11,13,20H,2-4,8-9,12H2,1H3. The minimum Gasteiger partial charge on any atom is -0.379 e. The highest BCUT2D eigenvalue weighted by Crippen LogP contribution is 2.23. The van der Waals surface area contributed by atoms with E-state index in [-0.39, 0.29) is 10.5 Å². The van der Waals surface area contributed by atoms with E-state index < -0.39 is 10.0 Å². The van der Waals surface area contributed by atoms with Gasteiger partial charge in [0.15, 0.2) is 4.96 Å². The molecule has 1 aliphatic heterocycles. The SMILES string of the molecule is Cc1csc2nc(CNc3cccc(S(=O)(=O)N4CCCCC4)c3)cc(=O)n12. The van der Waals surface area contributed by atoms with E-state index in [1.165, 1.54) is 17.4 Å². The summed E-state index contributed by atoms with van der Waals surface area (Å²) in [6.45, 7) is 3.37. The van der Waals surface area contributed by atoms with Crippen LogP contribution in [0.4, 0.5) is 5.69 Å². The van der Waals surface area contributed by atoms with Crippen LogP contribution >= 0.6 is 11.3 Å². The predicted molar refractivity (Wildman–Crippen MR) is 110 cm³/mol. The molecular weight excluding hydrogens is 396 g/mol. The van der Waals surface area contributed by atoms with Crippen LogP contribution in [0.5, 0.6) is 0 Å². The van der Waals surface area contributed by atoms with E-state index in [1.807, 2.05) is 18.4 Å². The van der Waals surface area contributed by atoms with Crippen LogP contribution in [-0.2, 0) is 16.6 Å². The van der Waals surface area contributed by atoms with Gasteiger partial charge in [0, 0.05) is 35.9 Å². The molecule has 0 spiro atoms. The molecule has 1 fully saturated rings. The maximum absolute atomic E-state index is 12.9. The molecule has 0 saturated carbocycles. The van der Waals surface area contributed by atoms with Gasteiger partial charge in [-0.2, -0.15) is 4.31 Å². The molecule has 0 unspecified atom stereocenters. The number of thiazole rings is 1. The molecule has 1 aliphatic rings. The van der Waals surface area contributed by atoms with Gasteiger partial charge in [0.2, 0.25) is 10.0 Å². The first kappa shape index (κ1) is 19.1. The molecule has 3 aromatic rings. The third-order valence-electron chi connectivity index (χ3n) is 4.89. The second-order valence-corrected chi connectivity index (χ2v) is 9.70. The van der Waals surface area contributed by atoms with Crippen molar-refractivity contribution < 1.29 is 8.42 Å². The van der Waals surface area contributed by atoms with Crippen LogP contribution in [0.2, 0.25) is 0 Å². The minimum absolute atomic E-state index is 0.109. The normalized spacial score (nSPS) is 15.8. The number of aryl methyl sites for hydroxylation is 1. The first-order chi connectivity index (χ1) is 13.4. The molecule has 2 aromatic heterocycles. The first-order valence-electron chi connectivity index (χ1n) is 9.26. The number of benzene rings is 1. The van der Waals surface area contributed by atoms with Crippen molar-refractivity contribution in [3.8, 4) is 0 Å². The highest BCUT2D eigenvalue weighted by Gasteiger charge is 2.25. The Hall–Kier alpha value is -2.23. The number of aromatic nitrogens is 2. The highest BCUT2D eigenvalue weighted by atomic mass is 32.2. The van der Waals surface area contributed by atoms with Crippen molar-refractivity contribution in [2.75, 3.05) is 18.4 Å². The molecule has 3 heterocycles. The summed E-state index contributed by atoms with van der Waals surface area (Å²) in [6.07, 6.45) is 2.89. The lowest BCUT2D eigenvalue weighted by atomic mass is 10.2. The van der Waals surface area contributed by atoms with Gasteiger partial charge in [0.05, 0.1) is 17.1 Å². The second kappa shape index (κ2) is 7.65. The maximum atomic E-state index is 12.9. The molecule has 7 nitrogen and oxygen atoms in total. The van der Waals surface area contributed by atoms with Crippen LogP contribution in [0.3, 0.4) is 0 Å². The summed E-state index contributed by atoms with van der Waals surface area (Å²) in [5, 5.41) is 5.08. The third kappa shape index (κ3) is 3.69. The number of sulfonamides is 1. The number of piperidine rings is 1. The summed E-state index contributed by atoms with van der Waals surface area (Å²) in [7, 11) is -3.47. The Morgan fingerprint density at radius 2 is 1.96 bits per heavy atom. The number of hydrogen-bond donors (Lipinski definition) is 1. The molecule has 0 aliphatic carbocycles. The first-order valence-corrected chi connectivity index (χ1v) is 11.6. The van der Waals surface area contributed by atoms with Gasteiger partial charge >= 0.3 is 0 Å². The fraction of sp³-hybridized carbons (Fsp3) is 0.368. The number of rotatable bonds is 5. The van der Waals surface area contributed by atoms with Crippen molar-refractivity contribution in [1.29, 1.82) is 0 Å². The predicted octanol–water partition coefficient (Wildman–Crippen LogP) is 2.85. The average molecular weight is 419 g/mol. The van der Waals surface area contributed by atoms with Crippen LogP contribution in [0, 0.1) is 6.92 Å². The summed E-state index contributed by atoms with van der Waals surface area (Å²) >= 11 is 1.42. The van der Waals surface area contributed by atoms with Crippen LogP contribution in [-0.4, -0.2) is 35.2 Å². The number of anilines is 1. The molecule has 9 heteroatoms. The fourth-order valence-electron chi connectivity index (χ4n) is 3.40. The van der Waals surface area contributed by atoms with E-state index in [4.69, 9.17) is 0 Å². The summed E-state index contributed by atoms with van der Waals surface area (Å²) in [5.41, 5.74) is 2.06. The summed E-state index contributed by atoms with van der Waals surface area (Å²) in [6, 6.07) is 8.32. The van der Waals surface area contributed by atoms with Gasteiger partial charge in [-0.15, -0.1) is 11.3 Å². The van der Waals surface area contributed by atoms with Crippen molar-refractivity contribution in [1.82, 2.24) is 13.7 Å². The maximum Gasteiger partial charge on any atom is 0.259 e. The van der Waals surface area contributed by atoms with E-state index >= 15 is 0 Å². The van der Waals surface area contributed by atoms with Crippen molar-refractivity contribution in [2.45, 2.75) is 37.6 Å². The second-order valence-electron chi connectivity index (χ2n) is 6.93. The topological polar surface area (TPSA) is 83.8 Å². The van der Waals surface area contributed by atoms with E-state index in [1.54, 1.807) is 26.9 Å². The number of hydrogen-bond acceptors (Lipinski definition) is 6. The van der Waals surface area contributed by atoms with E-state index in [9.17, 15) is 13.2 Å². The van der Waals surface area contributed by atoms with Gasteiger partial charge in [-0.3, -0.25) is 9.20 Å². The molecule has 1 aromatic carbocycles. The largest absolute Gasteiger partial charge is 0.379 e. The van der Waals surface area contributed by atoms with Crippen molar-refractivity contribution in [3.63, 3.8) is 0 Å². The molecule has 0 atom stereocenters. The van der Waals surface area contributed by atoms with Crippen molar-refractivity contribution >= 4 is 32.0 Å². The van der Waals surface area contributed by atoms with Crippen molar-refractivity contribution in [2.24, 2.45) is 0 Å². The van der Waals surface area contributed by atoms with E-state index in [2.05, 4.69) is 10.3 Å². The molecule has 0 bridgehead atoms. The van der Waals surface area contributed by atoms with Gasteiger partial charge < -0.3 is 5.32 Å². The van der Waals surface area contributed by atoms with Crippen LogP contribution < -0.4 is 10.9 Å². The number of nitrogens with one attached hydrogen (secondary N) is 1. The van der Waals surface area contributed by atoms with Gasteiger partial charge in [-0.25, -0.2) is 13.4 Å². The van der Waals surface area contributed by atoms with Crippen molar-refractivity contribution in [3.05, 3.63) is 57.5 Å². The molecule has 1 saturated heterocycles. The molecule has 1 N–H and O–H groups in total. The Morgan fingerprint density at radius 3 is 2.75 bits per heavy atom. The van der Waals surface area contributed by atoms with E-state index in [0.29, 0.717) is 36.0 Å². The lowest BCUT2D eigenvalue weighted by molar-refractivity contribution is 0.346. The molecule has 0 amide bonds.